The summed E-state index contributed by atoms with van der Waals surface area (Å²) in [4.78, 5) is 21.1. The standard InChI is InChI=1S/C16H18N6O/c1-8-4-9(2)14-11(5-8)12(6-10(3)19-14)15(23)18-7-13-20-16(17)22-21-13/h4-6H,7H2,1-3H3,(H,18,23)(H3,17,20,21,22). The van der Waals surface area contributed by atoms with Crippen molar-refractivity contribution in [1.82, 2.24) is 25.5 Å². The Morgan fingerprint density at radius 2 is 2.00 bits per heavy atom. The fraction of sp³-hybridized carbons (Fsp3) is 0.250. The molecule has 4 N–H and O–H groups in total. The maximum Gasteiger partial charge on any atom is 0.252 e. The van der Waals surface area contributed by atoms with E-state index in [9.17, 15) is 4.79 Å². The summed E-state index contributed by atoms with van der Waals surface area (Å²) >= 11 is 0. The lowest BCUT2D eigenvalue weighted by Crippen LogP contribution is -2.24. The number of H-pyrrole nitrogens is 1. The average Bonchev–Trinajstić information content (AvgIpc) is 2.90. The number of carbonyl (C=O) groups is 1. The quantitative estimate of drug-likeness (QED) is 0.683. The van der Waals surface area contributed by atoms with Crippen molar-refractivity contribution < 1.29 is 4.79 Å². The zero-order valence-electron chi connectivity index (χ0n) is 13.3. The van der Waals surface area contributed by atoms with Gasteiger partial charge in [-0.25, -0.2) is 0 Å². The molecule has 23 heavy (non-hydrogen) atoms. The van der Waals surface area contributed by atoms with E-state index in [1.54, 1.807) is 6.07 Å². The van der Waals surface area contributed by atoms with Crippen LogP contribution in [-0.4, -0.2) is 26.1 Å². The summed E-state index contributed by atoms with van der Waals surface area (Å²) in [5.41, 5.74) is 9.86. The molecule has 0 atom stereocenters. The van der Waals surface area contributed by atoms with Crippen LogP contribution in [0.5, 0.6) is 0 Å². The van der Waals surface area contributed by atoms with Gasteiger partial charge in [0.25, 0.3) is 5.91 Å². The van der Waals surface area contributed by atoms with Gasteiger partial charge >= 0.3 is 0 Å². The molecule has 0 saturated carbocycles. The summed E-state index contributed by atoms with van der Waals surface area (Å²) < 4.78 is 0. The third-order valence-electron chi connectivity index (χ3n) is 3.59. The third-order valence-corrected chi connectivity index (χ3v) is 3.59. The summed E-state index contributed by atoms with van der Waals surface area (Å²) in [5, 5.41) is 10.1. The number of aromatic nitrogens is 4. The van der Waals surface area contributed by atoms with Crippen LogP contribution in [0.2, 0.25) is 0 Å². The van der Waals surface area contributed by atoms with E-state index in [0.717, 1.165) is 27.7 Å². The number of aromatic amines is 1. The van der Waals surface area contributed by atoms with Crippen molar-refractivity contribution in [3.63, 3.8) is 0 Å². The van der Waals surface area contributed by atoms with Crippen molar-refractivity contribution in [2.24, 2.45) is 0 Å². The molecule has 0 unspecified atom stereocenters. The van der Waals surface area contributed by atoms with Crippen molar-refractivity contribution in [2.45, 2.75) is 27.3 Å². The monoisotopic (exact) mass is 310 g/mol. The molecule has 0 fully saturated rings. The molecular weight excluding hydrogens is 292 g/mol. The van der Waals surface area contributed by atoms with Crippen molar-refractivity contribution in [3.05, 3.63) is 46.4 Å². The second kappa shape index (κ2) is 5.68. The Kier molecular flexibility index (Phi) is 3.69. The highest BCUT2D eigenvalue weighted by Crippen LogP contribution is 2.23. The number of amides is 1. The Hall–Kier alpha value is -2.96. The minimum absolute atomic E-state index is 0.158. The van der Waals surface area contributed by atoms with Gasteiger partial charge in [0.2, 0.25) is 5.95 Å². The van der Waals surface area contributed by atoms with Gasteiger partial charge in [-0.3, -0.25) is 14.9 Å². The highest BCUT2D eigenvalue weighted by molar-refractivity contribution is 6.07. The molecule has 0 aliphatic rings. The van der Waals surface area contributed by atoms with Crippen molar-refractivity contribution in [2.75, 3.05) is 5.73 Å². The molecule has 2 heterocycles. The molecule has 1 aromatic carbocycles. The second-order valence-electron chi connectivity index (χ2n) is 5.61. The molecule has 2 aromatic heterocycles. The maximum atomic E-state index is 12.6. The Morgan fingerprint density at radius 3 is 2.70 bits per heavy atom. The van der Waals surface area contributed by atoms with Crippen LogP contribution in [0.4, 0.5) is 5.95 Å². The molecule has 0 aliphatic carbocycles. The minimum atomic E-state index is -0.180. The lowest BCUT2D eigenvalue weighted by molar-refractivity contribution is 0.0951. The Balaban J connectivity index is 1.96. The van der Waals surface area contributed by atoms with Crippen LogP contribution in [0.1, 0.15) is 33.0 Å². The van der Waals surface area contributed by atoms with Gasteiger partial charge in [-0.1, -0.05) is 11.6 Å². The van der Waals surface area contributed by atoms with Crippen LogP contribution in [0, 0.1) is 20.8 Å². The number of hydrogen-bond acceptors (Lipinski definition) is 5. The number of benzene rings is 1. The number of hydrogen-bond donors (Lipinski definition) is 3. The highest BCUT2D eigenvalue weighted by atomic mass is 16.1. The topological polar surface area (TPSA) is 110 Å². The number of pyridine rings is 1. The van der Waals surface area contributed by atoms with Crippen molar-refractivity contribution in [3.8, 4) is 0 Å². The molecular formula is C16H18N6O. The number of nitrogens with one attached hydrogen (secondary N) is 2. The molecule has 3 aromatic rings. The third kappa shape index (κ3) is 2.98. The van der Waals surface area contributed by atoms with Crippen LogP contribution < -0.4 is 11.1 Å². The van der Waals surface area contributed by atoms with Crippen molar-refractivity contribution >= 4 is 22.8 Å². The van der Waals surface area contributed by atoms with Gasteiger partial charge in [0.05, 0.1) is 17.6 Å². The molecule has 0 aliphatic heterocycles. The predicted molar refractivity (Wildman–Crippen MR) is 87.9 cm³/mol. The summed E-state index contributed by atoms with van der Waals surface area (Å²) in [7, 11) is 0. The molecule has 1 amide bonds. The summed E-state index contributed by atoms with van der Waals surface area (Å²) in [6, 6.07) is 5.84. The number of nitrogens with two attached hydrogens (primary N) is 1. The number of rotatable bonds is 3. The summed E-state index contributed by atoms with van der Waals surface area (Å²) in [6.45, 7) is 6.12. The number of carbonyl (C=O) groups excluding carboxylic acids is 1. The van der Waals surface area contributed by atoms with E-state index in [1.165, 1.54) is 0 Å². The van der Waals surface area contributed by atoms with Crippen LogP contribution in [0.15, 0.2) is 18.2 Å². The van der Waals surface area contributed by atoms with E-state index >= 15 is 0 Å². The Morgan fingerprint density at radius 1 is 1.22 bits per heavy atom. The number of aryl methyl sites for hydroxylation is 3. The largest absolute Gasteiger partial charge is 0.367 e. The second-order valence-corrected chi connectivity index (χ2v) is 5.61. The summed E-state index contributed by atoms with van der Waals surface area (Å²) in [6.07, 6.45) is 0. The SMILES string of the molecule is Cc1cc(C)c2nc(C)cc(C(=O)NCc3nc(N)n[nH]3)c2c1. The molecule has 0 spiro atoms. The zero-order valence-corrected chi connectivity index (χ0v) is 13.3. The molecule has 7 heteroatoms. The van der Waals surface area contributed by atoms with Gasteiger partial charge in [0.1, 0.15) is 5.82 Å². The van der Waals surface area contributed by atoms with E-state index in [-0.39, 0.29) is 18.4 Å². The molecule has 0 bridgehead atoms. The molecule has 0 radical (unpaired) electrons. The van der Waals surface area contributed by atoms with Crippen LogP contribution in [0.3, 0.4) is 0 Å². The smallest absolute Gasteiger partial charge is 0.252 e. The average molecular weight is 310 g/mol. The number of nitrogen functional groups attached to an aromatic ring is 1. The van der Waals surface area contributed by atoms with Crippen LogP contribution in [-0.2, 0) is 6.54 Å². The van der Waals surface area contributed by atoms with E-state index in [1.807, 2.05) is 26.8 Å². The zero-order chi connectivity index (χ0) is 16.6. The first-order chi connectivity index (χ1) is 10.9. The van der Waals surface area contributed by atoms with Gasteiger partial charge in [-0.05, 0) is 38.5 Å². The van der Waals surface area contributed by atoms with E-state index in [2.05, 4.69) is 31.5 Å². The number of nitrogens with zero attached hydrogens (tertiary/aromatic N) is 3. The van der Waals surface area contributed by atoms with Gasteiger partial charge in [0, 0.05) is 11.1 Å². The Labute approximate surface area is 133 Å². The fourth-order valence-corrected chi connectivity index (χ4v) is 2.65. The van der Waals surface area contributed by atoms with Gasteiger partial charge in [-0.2, -0.15) is 4.98 Å². The van der Waals surface area contributed by atoms with Gasteiger partial charge in [0.15, 0.2) is 0 Å². The van der Waals surface area contributed by atoms with Gasteiger partial charge in [-0.15, -0.1) is 5.10 Å². The highest BCUT2D eigenvalue weighted by Gasteiger charge is 2.14. The lowest BCUT2D eigenvalue weighted by atomic mass is 10.0. The molecule has 7 nitrogen and oxygen atoms in total. The Bertz CT molecular complexity index is 899. The first kappa shape index (κ1) is 15.0. The summed E-state index contributed by atoms with van der Waals surface area (Å²) in [5.74, 6) is 0.490. The first-order valence-corrected chi connectivity index (χ1v) is 7.27. The lowest BCUT2D eigenvalue weighted by Gasteiger charge is -2.11. The molecule has 0 saturated heterocycles. The molecule has 3 rings (SSSR count). The fourth-order valence-electron chi connectivity index (χ4n) is 2.65. The van der Waals surface area contributed by atoms with E-state index in [4.69, 9.17) is 5.73 Å². The molecule has 118 valence electrons. The minimum Gasteiger partial charge on any atom is -0.367 e. The normalized spacial score (nSPS) is 10.9. The van der Waals surface area contributed by atoms with Crippen LogP contribution in [0.25, 0.3) is 10.9 Å². The van der Waals surface area contributed by atoms with Gasteiger partial charge < -0.3 is 11.1 Å². The number of anilines is 1. The number of fused-ring (bicyclic) bond motifs is 1. The predicted octanol–water partition coefficient (Wildman–Crippen LogP) is 1.79. The first-order valence-electron chi connectivity index (χ1n) is 7.27. The van der Waals surface area contributed by atoms with E-state index < -0.39 is 0 Å². The van der Waals surface area contributed by atoms with Crippen molar-refractivity contribution in [1.29, 1.82) is 0 Å². The van der Waals surface area contributed by atoms with Crippen LogP contribution >= 0.6 is 0 Å². The maximum absolute atomic E-state index is 12.6. The van der Waals surface area contributed by atoms with E-state index in [0.29, 0.717) is 11.4 Å².